The minimum absolute atomic E-state index is 0.117. The van der Waals surface area contributed by atoms with Crippen LogP contribution in [-0.2, 0) is 32.6 Å². The molecule has 1 saturated carbocycles. The molecule has 230 valence electrons. The first-order valence-corrected chi connectivity index (χ1v) is 17.2. The van der Waals surface area contributed by atoms with E-state index in [2.05, 4.69) is 5.32 Å². The monoisotopic (exact) mass is 603 g/mol. The molecule has 1 fully saturated rings. The number of amides is 2. The minimum atomic E-state index is -3.56. The number of anilines is 1. The van der Waals surface area contributed by atoms with Gasteiger partial charge in [0.15, 0.2) is 0 Å². The van der Waals surface area contributed by atoms with Gasteiger partial charge in [-0.1, -0.05) is 86.0 Å². The topological polar surface area (TPSA) is 86.8 Å². The fraction of sp³-hybridized carbons (Fsp3) is 0.429. The molecule has 1 N–H and O–H groups in total. The molecule has 1 atom stereocenters. The third-order valence-corrected chi connectivity index (χ3v) is 9.54. The van der Waals surface area contributed by atoms with E-state index >= 15 is 0 Å². The SMILES string of the molecule is Cc1ccc(N(CCCC(=O)N(Cc2ccccc2)C(Cc2ccccc2)C(=O)NC2CCCCC2)S(C)(=O)=O)cc1C. The Bertz CT molecular complexity index is 1450. The number of nitrogens with one attached hydrogen (secondary N) is 1. The highest BCUT2D eigenvalue weighted by Gasteiger charge is 2.32. The summed E-state index contributed by atoms with van der Waals surface area (Å²) in [4.78, 5) is 29.6. The van der Waals surface area contributed by atoms with Crippen molar-refractivity contribution >= 4 is 27.5 Å². The van der Waals surface area contributed by atoms with Gasteiger partial charge in [-0.15, -0.1) is 0 Å². The summed E-state index contributed by atoms with van der Waals surface area (Å²) < 4.78 is 26.9. The van der Waals surface area contributed by atoms with Gasteiger partial charge in [-0.05, 0) is 67.5 Å². The first kappa shape index (κ1) is 32.3. The van der Waals surface area contributed by atoms with Gasteiger partial charge in [-0.2, -0.15) is 0 Å². The first-order chi connectivity index (χ1) is 20.6. The van der Waals surface area contributed by atoms with Crippen LogP contribution in [0.5, 0.6) is 0 Å². The number of aryl methyl sites for hydroxylation is 2. The zero-order valence-electron chi connectivity index (χ0n) is 25.7. The Morgan fingerprint density at radius 1 is 0.860 bits per heavy atom. The van der Waals surface area contributed by atoms with Crippen LogP contribution in [-0.4, -0.2) is 50.0 Å². The molecule has 0 spiro atoms. The summed E-state index contributed by atoms with van der Waals surface area (Å²) in [6, 6.07) is 24.5. The van der Waals surface area contributed by atoms with E-state index in [0.29, 0.717) is 25.1 Å². The predicted octanol–water partition coefficient (Wildman–Crippen LogP) is 5.94. The lowest BCUT2D eigenvalue weighted by molar-refractivity contribution is -0.141. The molecule has 1 aliphatic carbocycles. The number of hydrogen-bond donors (Lipinski definition) is 1. The Hall–Kier alpha value is -3.65. The molecule has 0 aliphatic heterocycles. The van der Waals surface area contributed by atoms with Gasteiger partial charge >= 0.3 is 0 Å². The van der Waals surface area contributed by atoms with E-state index in [1.807, 2.05) is 86.6 Å². The smallest absolute Gasteiger partial charge is 0.243 e. The fourth-order valence-electron chi connectivity index (χ4n) is 5.76. The van der Waals surface area contributed by atoms with Crippen molar-refractivity contribution in [3.8, 4) is 0 Å². The van der Waals surface area contributed by atoms with E-state index in [4.69, 9.17) is 0 Å². The maximum absolute atomic E-state index is 14.0. The third-order valence-electron chi connectivity index (χ3n) is 8.35. The molecule has 8 heteroatoms. The number of rotatable bonds is 13. The van der Waals surface area contributed by atoms with Crippen LogP contribution in [0.15, 0.2) is 78.9 Å². The molecule has 7 nitrogen and oxygen atoms in total. The minimum Gasteiger partial charge on any atom is -0.352 e. The lowest BCUT2D eigenvalue weighted by Crippen LogP contribution is -2.52. The van der Waals surface area contributed by atoms with Crippen LogP contribution in [0.25, 0.3) is 0 Å². The molecule has 0 radical (unpaired) electrons. The number of nitrogens with zero attached hydrogens (tertiary/aromatic N) is 2. The van der Waals surface area contributed by atoms with Crippen LogP contribution < -0.4 is 9.62 Å². The predicted molar refractivity (Wildman–Crippen MR) is 173 cm³/mol. The summed E-state index contributed by atoms with van der Waals surface area (Å²) in [5.41, 5.74) is 4.60. The molecule has 0 bridgehead atoms. The largest absolute Gasteiger partial charge is 0.352 e. The average molecular weight is 604 g/mol. The van der Waals surface area contributed by atoms with Gasteiger partial charge < -0.3 is 10.2 Å². The molecule has 43 heavy (non-hydrogen) atoms. The van der Waals surface area contributed by atoms with Crippen molar-refractivity contribution in [3.05, 3.63) is 101 Å². The molecule has 0 saturated heterocycles. The highest BCUT2D eigenvalue weighted by Crippen LogP contribution is 2.23. The van der Waals surface area contributed by atoms with Gasteiger partial charge in [0, 0.05) is 32.0 Å². The number of carbonyl (C=O) groups is 2. The van der Waals surface area contributed by atoms with Gasteiger partial charge in [-0.3, -0.25) is 13.9 Å². The molecule has 2 amide bonds. The normalized spacial score (nSPS) is 14.6. The number of benzene rings is 3. The molecule has 1 unspecified atom stereocenters. The molecular weight excluding hydrogens is 558 g/mol. The van der Waals surface area contributed by atoms with Crippen molar-refractivity contribution in [1.82, 2.24) is 10.2 Å². The van der Waals surface area contributed by atoms with Crippen molar-refractivity contribution in [2.24, 2.45) is 0 Å². The summed E-state index contributed by atoms with van der Waals surface area (Å²) in [6.07, 6.45) is 7.32. The molecule has 0 aromatic heterocycles. The van der Waals surface area contributed by atoms with E-state index in [1.54, 1.807) is 11.0 Å². The summed E-state index contributed by atoms with van der Waals surface area (Å²) in [5.74, 6) is -0.301. The standard InChI is InChI=1S/C35H45N3O4S/c1-27-21-22-32(24-28(27)2)38(43(3,41)42)23-13-20-34(39)37(26-30-16-9-5-10-17-30)33(25-29-14-7-4-8-15-29)35(40)36-31-18-11-6-12-19-31/h4-5,7-10,14-17,21-22,24,31,33H,6,11-13,18-20,23,25-26H2,1-3H3,(H,36,40). The molecule has 0 heterocycles. The van der Waals surface area contributed by atoms with Gasteiger partial charge in [-0.25, -0.2) is 8.42 Å². The zero-order valence-corrected chi connectivity index (χ0v) is 26.5. The Kier molecular flexibility index (Phi) is 11.4. The van der Waals surface area contributed by atoms with Crippen LogP contribution in [0.3, 0.4) is 0 Å². The number of carbonyl (C=O) groups excluding carboxylic acids is 2. The Labute approximate surface area is 257 Å². The van der Waals surface area contributed by atoms with E-state index < -0.39 is 16.1 Å². The van der Waals surface area contributed by atoms with Crippen LogP contribution in [0, 0.1) is 13.8 Å². The van der Waals surface area contributed by atoms with E-state index in [1.165, 1.54) is 17.0 Å². The van der Waals surface area contributed by atoms with Crippen molar-refractivity contribution < 1.29 is 18.0 Å². The Morgan fingerprint density at radius 2 is 1.49 bits per heavy atom. The second-order valence-electron chi connectivity index (χ2n) is 11.8. The van der Waals surface area contributed by atoms with Crippen LogP contribution in [0.2, 0.25) is 0 Å². The molecule has 3 aromatic carbocycles. The molecular formula is C35H45N3O4S. The molecule has 1 aliphatic rings. The third kappa shape index (κ3) is 9.42. The molecule has 3 aromatic rings. The first-order valence-electron chi connectivity index (χ1n) is 15.3. The number of sulfonamides is 1. The fourth-order valence-corrected chi connectivity index (χ4v) is 6.72. The van der Waals surface area contributed by atoms with Gasteiger partial charge in [0.25, 0.3) is 0 Å². The van der Waals surface area contributed by atoms with Crippen molar-refractivity contribution in [2.75, 3.05) is 17.1 Å². The van der Waals surface area contributed by atoms with Gasteiger partial charge in [0.1, 0.15) is 6.04 Å². The van der Waals surface area contributed by atoms with Crippen molar-refractivity contribution in [2.45, 2.75) is 83.8 Å². The summed E-state index contributed by atoms with van der Waals surface area (Å²) in [5, 5.41) is 3.27. The Balaban J connectivity index is 1.57. The summed E-state index contributed by atoms with van der Waals surface area (Å²) in [7, 11) is -3.56. The quantitative estimate of drug-likeness (QED) is 0.262. The molecule has 4 rings (SSSR count). The number of hydrogen-bond acceptors (Lipinski definition) is 4. The summed E-state index contributed by atoms with van der Waals surface area (Å²) in [6.45, 7) is 4.40. The van der Waals surface area contributed by atoms with Crippen molar-refractivity contribution in [3.63, 3.8) is 0 Å². The lowest BCUT2D eigenvalue weighted by Gasteiger charge is -2.34. The van der Waals surface area contributed by atoms with Gasteiger partial charge in [0.05, 0.1) is 11.9 Å². The second-order valence-corrected chi connectivity index (χ2v) is 13.7. The van der Waals surface area contributed by atoms with E-state index in [0.717, 1.165) is 47.9 Å². The van der Waals surface area contributed by atoms with Crippen molar-refractivity contribution in [1.29, 1.82) is 0 Å². The zero-order chi connectivity index (χ0) is 30.8. The van der Waals surface area contributed by atoms with E-state index in [-0.39, 0.29) is 30.8 Å². The summed E-state index contributed by atoms with van der Waals surface area (Å²) >= 11 is 0. The van der Waals surface area contributed by atoms with Crippen LogP contribution in [0.4, 0.5) is 5.69 Å². The van der Waals surface area contributed by atoms with E-state index in [9.17, 15) is 18.0 Å². The van der Waals surface area contributed by atoms with Gasteiger partial charge in [0.2, 0.25) is 21.8 Å². The lowest BCUT2D eigenvalue weighted by atomic mass is 9.94. The second kappa shape index (κ2) is 15.2. The van der Waals surface area contributed by atoms with Crippen LogP contribution in [0.1, 0.15) is 67.2 Å². The maximum atomic E-state index is 14.0. The average Bonchev–Trinajstić information content (AvgIpc) is 2.99. The highest BCUT2D eigenvalue weighted by molar-refractivity contribution is 7.92. The Morgan fingerprint density at radius 3 is 2.09 bits per heavy atom. The maximum Gasteiger partial charge on any atom is 0.243 e. The highest BCUT2D eigenvalue weighted by atomic mass is 32.2. The van der Waals surface area contributed by atoms with Crippen LogP contribution >= 0.6 is 0 Å².